The highest BCUT2D eigenvalue weighted by Gasteiger charge is 2.05. The van der Waals surface area contributed by atoms with E-state index in [-0.39, 0.29) is 24.4 Å². The van der Waals surface area contributed by atoms with Crippen molar-refractivity contribution in [1.82, 2.24) is 10.3 Å². The van der Waals surface area contributed by atoms with Crippen LogP contribution in [0.3, 0.4) is 0 Å². The third kappa shape index (κ3) is 5.95. The summed E-state index contributed by atoms with van der Waals surface area (Å²) in [5.74, 6) is 0.420. The molecule has 1 aromatic rings. The molecule has 1 rings (SSSR count). The standard InChI is InChI=1S/C10H15N3OS.ClH/c1-8(6-11)13-10(14)7-15-9-2-4-12-5-3-9;/h2-5,8H,6-7,11H2,1H3,(H,13,14);1H/t8-;/m1./s1. The molecule has 0 spiro atoms. The SMILES string of the molecule is C[C@H](CN)NC(=O)CSc1ccncc1.Cl. The lowest BCUT2D eigenvalue weighted by atomic mass is 10.3. The summed E-state index contributed by atoms with van der Waals surface area (Å²) in [6.07, 6.45) is 3.42. The number of nitrogens with one attached hydrogen (secondary N) is 1. The quantitative estimate of drug-likeness (QED) is 0.778. The number of nitrogens with zero attached hydrogens (tertiary/aromatic N) is 1. The highest BCUT2D eigenvalue weighted by Crippen LogP contribution is 2.15. The van der Waals surface area contributed by atoms with Crippen molar-refractivity contribution in [1.29, 1.82) is 0 Å². The first-order valence-electron chi connectivity index (χ1n) is 4.74. The normalized spacial score (nSPS) is 11.4. The smallest absolute Gasteiger partial charge is 0.230 e. The molecule has 6 heteroatoms. The molecule has 0 aliphatic carbocycles. The second kappa shape index (κ2) is 8.38. The van der Waals surface area contributed by atoms with Gasteiger partial charge >= 0.3 is 0 Å². The molecule has 0 saturated heterocycles. The molecule has 1 aromatic heterocycles. The predicted molar refractivity (Wildman–Crippen MR) is 68.9 cm³/mol. The number of thioether (sulfide) groups is 1. The van der Waals surface area contributed by atoms with Crippen LogP contribution < -0.4 is 11.1 Å². The Morgan fingerprint density at radius 3 is 2.75 bits per heavy atom. The van der Waals surface area contributed by atoms with Crippen LogP contribution in [0.15, 0.2) is 29.4 Å². The largest absolute Gasteiger partial charge is 0.352 e. The number of hydrogen-bond acceptors (Lipinski definition) is 4. The minimum absolute atomic E-state index is 0. The molecule has 1 amide bonds. The Morgan fingerprint density at radius 2 is 2.19 bits per heavy atom. The van der Waals surface area contributed by atoms with Gasteiger partial charge in [0.05, 0.1) is 5.75 Å². The van der Waals surface area contributed by atoms with Crippen LogP contribution in [0.2, 0.25) is 0 Å². The molecule has 0 aliphatic heterocycles. The predicted octanol–water partition coefficient (Wildman–Crippen LogP) is 1.06. The van der Waals surface area contributed by atoms with Gasteiger partial charge in [-0.15, -0.1) is 24.2 Å². The molecule has 0 saturated carbocycles. The van der Waals surface area contributed by atoms with Gasteiger partial charge in [-0.1, -0.05) is 0 Å². The number of pyridine rings is 1. The van der Waals surface area contributed by atoms with Gasteiger partial charge < -0.3 is 11.1 Å². The average molecular weight is 262 g/mol. The second-order valence-electron chi connectivity index (χ2n) is 3.18. The van der Waals surface area contributed by atoms with Gasteiger partial charge in [-0.05, 0) is 19.1 Å². The van der Waals surface area contributed by atoms with E-state index in [9.17, 15) is 4.79 Å². The van der Waals surface area contributed by atoms with Crippen LogP contribution in [0, 0.1) is 0 Å². The van der Waals surface area contributed by atoms with Crippen LogP contribution in [0.1, 0.15) is 6.92 Å². The van der Waals surface area contributed by atoms with Gasteiger partial charge in [-0.3, -0.25) is 9.78 Å². The maximum absolute atomic E-state index is 11.4. The van der Waals surface area contributed by atoms with E-state index in [1.807, 2.05) is 19.1 Å². The first kappa shape index (κ1) is 15.2. The summed E-state index contributed by atoms with van der Waals surface area (Å²) in [6, 6.07) is 3.80. The van der Waals surface area contributed by atoms with Crippen LogP contribution in [0.25, 0.3) is 0 Å². The number of rotatable bonds is 5. The maximum Gasteiger partial charge on any atom is 0.230 e. The minimum Gasteiger partial charge on any atom is -0.352 e. The summed E-state index contributed by atoms with van der Waals surface area (Å²) in [7, 11) is 0. The van der Waals surface area contributed by atoms with Gasteiger partial charge in [0.1, 0.15) is 0 Å². The third-order valence-electron chi connectivity index (χ3n) is 1.78. The average Bonchev–Trinajstić information content (AvgIpc) is 2.27. The minimum atomic E-state index is 0. The molecule has 1 heterocycles. The van der Waals surface area contributed by atoms with Crippen LogP contribution >= 0.6 is 24.2 Å². The van der Waals surface area contributed by atoms with Crippen LogP contribution in [0.5, 0.6) is 0 Å². The Balaban J connectivity index is 0.00000225. The molecular weight excluding hydrogens is 246 g/mol. The van der Waals surface area contributed by atoms with Crippen molar-refractivity contribution in [2.24, 2.45) is 5.73 Å². The molecule has 0 fully saturated rings. The fourth-order valence-corrected chi connectivity index (χ4v) is 1.65. The van der Waals surface area contributed by atoms with E-state index in [1.165, 1.54) is 11.8 Å². The molecule has 90 valence electrons. The number of aromatic nitrogens is 1. The summed E-state index contributed by atoms with van der Waals surface area (Å²) in [5.41, 5.74) is 5.40. The fourth-order valence-electron chi connectivity index (χ4n) is 0.959. The van der Waals surface area contributed by atoms with E-state index in [0.717, 1.165) is 4.90 Å². The number of amides is 1. The summed E-state index contributed by atoms with van der Waals surface area (Å²) in [4.78, 5) is 16.3. The first-order valence-corrected chi connectivity index (χ1v) is 5.73. The van der Waals surface area contributed by atoms with Crippen molar-refractivity contribution < 1.29 is 4.79 Å². The van der Waals surface area contributed by atoms with E-state index in [2.05, 4.69) is 10.3 Å². The van der Waals surface area contributed by atoms with Gasteiger partial charge in [0.25, 0.3) is 0 Å². The van der Waals surface area contributed by atoms with Crippen molar-refractivity contribution in [2.45, 2.75) is 17.9 Å². The molecule has 0 aliphatic rings. The van der Waals surface area contributed by atoms with Crippen LogP contribution in [0.4, 0.5) is 0 Å². The molecule has 0 bridgehead atoms. The maximum atomic E-state index is 11.4. The molecule has 0 aromatic carbocycles. The Kier molecular flexibility index (Phi) is 7.97. The summed E-state index contributed by atoms with van der Waals surface area (Å²) in [5, 5.41) is 2.80. The number of carbonyl (C=O) groups is 1. The first-order chi connectivity index (χ1) is 7.22. The molecule has 3 N–H and O–H groups in total. The second-order valence-corrected chi connectivity index (χ2v) is 4.22. The Hall–Kier alpha value is -0.780. The zero-order chi connectivity index (χ0) is 11.1. The Morgan fingerprint density at radius 1 is 1.56 bits per heavy atom. The van der Waals surface area contributed by atoms with Crippen LogP contribution in [-0.2, 0) is 4.79 Å². The van der Waals surface area contributed by atoms with Crippen molar-refractivity contribution >= 4 is 30.1 Å². The zero-order valence-corrected chi connectivity index (χ0v) is 10.7. The Bertz CT molecular complexity index is 310. The van der Waals surface area contributed by atoms with Crippen molar-refractivity contribution in [3.05, 3.63) is 24.5 Å². The number of carbonyl (C=O) groups excluding carboxylic acids is 1. The lowest BCUT2D eigenvalue weighted by Crippen LogP contribution is -2.38. The van der Waals surface area contributed by atoms with Gasteiger partial charge in [0, 0.05) is 29.9 Å². The third-order valence-corrected chi connectivity index (χ3v) is 2.79. The van der Waals surface area contributed by atoms with Crippen molar-refractivity contribution in [2.75, 3.05) is 12.3 Å². The van der Waals surface area contributed by atoms with Crippen LogP contribution in [-0.4, -0.2) is 29.2 Å². The topological polar surface area (TPSA) is 68.0 Å². The van der Waals surface area contributed by atoms with Gasteiger partial charge in [0.2, 0.25) is 5.91 Å². The zero-order valence-electron chi connectivity index (χ0n) is 9.05. The molecule has 4 nitrogen and oxygen atoms in total. The highest BCUT2D eigenvalue weighted by atomic mass is 35.5. The number of halogens is 1. The number of nitrogens with two attached hydrogens (primary N) is 1. The lowest BCUT2D eigenvalue weighted by Gasteiger charge is -2.10. The summed E-state index contributed by atoms with van der Waals surface area (Å²) >= 11 is 1.49. The highest BCUT2D eigenvalue weighted by molar-refractivity contribution is 8.00. The van der Waals surface area contributed by atoms with E-state index in [0.29, 0.717) is 12.3 Å². The van der Waals surface area contributed by atoms with E-state index < -0.39 is 0 Å². The fraction of sp³-hybridized carbons (Fsp3) is 0.400. The van der Waals surface area contributed by atoms with Gasteiger partial charge in [-0.2, -0.15) is 0 Å². The van der Waals surface area contributed by atoms with E-state index in [4.69, 9.17) is 5.73 Å². The van der Waals surface area contributed by atoms with Gasteiger partial charge in [0.15, 0.2) is 0 Å². The van der Waals surface area contributed by atoms with E-state index >= 15 is 0 Å². The molecule has 16 heavy (non-hydrogen) atoms. The molecule has 0 radical (unpaired) electrons. The lowest BCUT2D eigenvalue weighted by molar-refractivity contribution is -0.119. The molecule has 1 atom stereocenters. The molecular formula is C10H16ClN3OS. The van der Waals surface area contributed by atoms with Gasteiger partial charge in [-0.25, -0.2) is 0 Å². The van der Waals surface area contributed by atoms with Crippen molar-refractivity contribution in [3.63, 3.8) is 0 Å². The number of hydrogen-bond donors (Lipinski definition) is 2. The van der Waals surface area contributed by atoms with Crippen molar-refractivity contribution in [3.8, 4) is 0 Å². The molecule has 0 unspecified atom stereocenters. The summed E-state index contributed by atoms with van der Waals surface area (Å²) in [6.45, 7) is 2.35. The van der Waals surface area contributed by atoms with E-state index in [1.54, 1.807) is 12.4 Å². The summed E-state index contributed by atoms with van der Waals surface area (Å²) < 4.78 is 0. The Labute approximate surface area is 106 Å². The monoisotopic (exact) mass is 261 g/mol.